The zero-order chi connectivity index (χ0) is 14.9. The van der Waals surface area contributed by atoms with Crippen LogP contribution in [0.5, 0.6) is 0 Å². The predicted molar refractivity (Wildman–Crippen MR) is 78.7 cm³/mol. The van der Waals surface area contributed by atoms with Crippen molar-refractivity contribution in [1.82, 2.24) is 5.32 Å². The summed E-state index contributed by atoms with van der Waals surface area (Å²) in [7, 11) is 0. The molecule has 0 radical (unpaired) electrons. The topological polar surface area (TPSA) is 73.1 Å². The summed E-state index contributed by atoms with van der Waals surface area (Å²) in [6.07, 6.45) is 5.38. The first-order valence-corrected chi connectivity index (χ1v) is 7.59. The van der Waals surface area contributed by atoms with E-state index in [1.165, 1.54) is 0 Å². The van der Waals surface area contributed by atoms with Gasteiger partial charge in [0, 0.05) is 12.1 Å². The highest BCUT2D eigenvalue weighted by Crippen LogP contribution is 2.47. The van der Waals surface area contributed by atoms with Gasteiger partial charge < -0.3 is 10.4 Å². The third kappa shape index (κ3) is 2.79. The third-order valence-electron chi connectivity index (χ3n) is 4.78. The summed E-state index contributed by atoms with van der Waals surface area (Å²) in [5.74, 6) is -0.163. The second kappa shape index (κ2) is 5.16. The Morgan fingerprint density at radius 1 is 1.19 bits per heavy atom. The van der Waals surface area contributed by atoms with Crippen LogP contribution in [0.25, 0.3) is 0 Å². The molecule has 0 spiro atoms. The van der Waals surface area contributed by atoms with E-state index in [-0.39, 0.29) is 11.3 Å². The summed E-state index contributed by atoms with van der Waals surface area (Å²) in [4.78, 5) is 12.1. The number of rotatable bonds is 4. The van der Waals surface area contributed by atoms with Crippen molar-refractivity contribution in [2.75, 3.05) is 6.54 Å². The molecule has 0 heterocycles. The van der Waals surface area contributed by atoms with Crippen molar-refractivity contribution in [2.24, 2.45) is 0 Å². The van der Waals surface area contributed by atoms with E-state index in [0.29, 0.717) is 12.1 Å². The van der Waals surface area contributed by atoms with Crippen molar-refractivity contribution in [1.29, 1.82) is 5.26 Å². The molecule has 2 aliphatic rings. The molecule has 4 heteroatoms. The molecule has 1 aromatic carbocycles. The SMILES string of the molecule is N#CC1(c2ccc(C(=O)NCC3(O)CCCC3)cc2)CC1. The molecule has 0 unspecified atom stereocenters. The molecule has 3 rings (SSSR count). The summed E-state index contributed by atoms with van der Waals surface area (Å²) in [5.41, 5.74) is 0.535. The highest BCUT2D eigenvalue weighted by Gasteiger charge is 2.44. The average Bonchev–Trinajstić information content (AvgIpc) is 3.21. The molecule has 0 bridgehead atoms. The van der Waals surface area contributed by atoms with E-state index < -0.39 is 5.60 Å². The standard InChI is InChI=1S/C17H20N2O2/c18-11-16(9-10-16)14-5-3-13(4-6-14)15(20)19-12-17(21)7-1-2-8-17/h3-6,21H,1-2,7-10,12H2,(H,19,20). The molecule has 2 fully saturated rings. The Bertz CT molecular complexity index is 576. The van der Waals surface area contributed by atoms with Gasteiger partial charge in [-0.2, -0.15) is 5.26 Å². The minimum absolute atomic E-state index is 0.163. The van der Waals surface area contributed by atoms with Crippen molar-refractivity contribution in [3.8, 4) is 6.07 Å². The summed E-state index contributed by atoms with van der Waals surface area (Å²) in [6, 6.07) is 9.62. The van der Waals surface area contributed by atoms with Crippen molar-refractivity contribution < 1.29 is 9.90 Å². The third-order valence-corrected chi connectivity index (χ3v) is 4.78. The molecule has 2 saturated carbocycles. The predicted octanol–water partition coefficient (Wildman–Crippen LogP) is 2.28. The molecule has 0 atom stereocenters. The zero-order valence-electron chi connectivity index (χ0n) is 12.1. The van der Waals surface area contributed by atoms with E-state index >= 15 is 0 Å². The number of carbonyl (C=O) groups is 1. The Balaban J connectivity index is 1.61. The van der Waals surface area contributed by atoms with Crippen LogP contribution in [0.3, 0.4) is 0 Å². The van der Waals surface area contributed by atoms with Gasteiger partial charge in [-0.1, -0.05) is 25.0 Å². The average molecular weight is 284 g/mol. The summed E-state index contributed by atoms with van der Waals surface area (Å²) >= 11 is 0. The van der Waals surface area contributed by atoms with Gasteiger partial charge >= 0.3 is 0 Å². The van der Waals surface area contributed by atoms with Crippen LogP contribution in [0.2, 0.25) is 0 Å². The molecular weight excluding hydrogens is 264 g/mol. The second-order valence-corrected chi connectivity index (χ2v) is 6.39. The fraction of sp³-hybridized carbons (Fsp3) is 0.529. The van der Waals surface area contributed by atoms with E-state index in [2.05, 4.69) is 11.4 Å². The summed E-state index contributed by atoms with van der Waals surface area (Å²) < 4.78 is 0. The Morgan fingerprint density at radius 3 is 2.33 bits per heavy atom. The fourth-order valence-electron chi connectivity index (χ4n) is 3.09. The summed E-state index contributed by atoms with van der Waals surface area (Å²) in [5, 5.41) is 22.2. The van der Waals surface area contributed by atoms with Crippen LogP contribution in [0, 0.1) is 11.3 Å². The maximum Gasteiger partial charge on any atom is 0.251 e. The van der Waals surface area contributed by atoms with Crippen molar-refractivity contribution in [3.63, 3.8) is 0 Å². The Labute approximate surface area is 124 Å². The van der Waals surface area contributed by atoms with Gasteiger partial charge in [-0.15, -0.1) is 0 Å². The molecular formula is C17H20N2O2. The lowest BCUT2D eigenvalue weighted by Gasteiger charge is -2.22. The molecule has 0 saturated heterocycles. The smallest absolute Gasteiger partial charge is 0.251 e. The number of amides is 1. The van der Waals surface area contributed by atoms with Gasteiger partial charge in [0.1, 0.15) is 0 Å². The minimum atomic E-state index is -0.728. The van der Waals surface area contributed by atoms with Crippen LogP contribution in [0.15, 0.2) is 24.3 Å². The molecule has 2 N–H and O–H groups in total. The Morgan fingerprint density at radius 2 is 1.81 bits per heavy atom. The molecule has 0 aliphatic heterocycles. The highest BCUT2D eigenvalue weighted by atomic mass is 16.3. The first kappa shape index (κ1) is 14.1. The van der Waals surface area contributed by atoms with Crippen molar-refractivity contribution in [3.05, 3.63) is 35.4 Å². The van der Waals surface area contributed by atoms with Crippen LogP contribution in [-0.4, -0.2) is 23.2 Å². The monoisotopic (exact) mass is 284 g/mol. The molecule has 1 amide bonds. The van der Waals surface area contributed by atoms with Crippen LogP contribution in [-0.2, 0) is 5.41 Å². The van der Waals surface area contributed by atoms with Gasteiger partial charge in [-0.05, 0) is 43.4 Å². The number of benzene rings is 1. The first-order chi connectivity index (χ1) is 10.1. The quantitative estimate of drug-likeness (QED) is 0.891. The lowest BCUT2D eigenvalue weighted by atomic mass is 9.96. The number of nitrogens with one attached hydrogen (secondary N) is 1. The zero-order valence-corrected chi connectivity index (χ0v) is 12.1. The van der Waals surface area contributed by atoms with E-state index in [4.69, 9.17) is 5.26 Å². The van der Waals surface area contributed by atoms with Gasteiger partial charge in [0.2, 0.25) is 0 Å². The molecule has 4 nitrogen and oxygen atoms in total. The van der Waals surface area contributed by atoms with Gasteiger partial charge in [0.05, 0.1) is 17.1 Å². The fourth-order valence-corrected chi connectivity index (χ4v) is 3.09. The number of hydrogen-bond acceptors (Lipinski definition) is 3. The van der Waals surface area contributed by atoms with Crippen LogP contribution in [0.4, 0.5) is 0 Å². The normalized spacial score (nSPS) is 21.5. The molecule has 1 aromatic rings. The second-order valence-electron chi connectivity index (χ2n) is 6.39. The molecule has 110 valence electrons. The largest absolute Gasteiger partial charge is 0.388 e. The highest BCUT2D eigenvalue weighted by molar-refractivity contribution is 5.94. The number of aliphatic hydroxyl groups is 1. The van der Waals surface area contributed by atoms with Gasteiger partial charge in [0.25, 0.3) is 5.91 Å². The van der Waals surface area contributed by atoms with E-state index in [1.807, 2.05) is 12.1 Å². The van der Waals surface area contributed by atoms with E-state index in [0.717, 1.165) is 44.1 Å². The first-order valence-electron chi connectivity index (χ1n) is 7.59. The molecule has 21 heavy (non-hydrogen) atoms. The Kier molecular flexibility index (Phi) is 3.46. The van der Waals surface area contributed by atoms with Crippen LogP contribution in [0.1, 0.15) is 54.4 Å². The van der Waals surface area contributed by atoms with Gasteiger partial charge in [0.15, 0.2) is 0 Å². The van der Waals surface area contributed by atoms with E-state index in [1.54, 1.807) is 12.1 Å². The lowest BCUT2D eigenvalue weighted by molar-refractivity contribution is 0.0449. The Hall–Kier alpha value is -1.86. The lowest BCUT2D eigenvalue weighted by Crippen LogP contribution is -2.40. The maximum atomic E-state index is 12.1. The maximum absolute atomic E-state index is 12.1. The van der Waals surface area contributed by atoms with E-state index in [9.17, 15) is 9.90 Å². The van der Waals surface area contributed by atoms with Crippen molar-refractivity contribution in [2.45, 2.75) is 49.5 Å². The number of hydrogen-bond donors (Lipinski definition) is 2. The van der Waals surface area contributed by atoms with Crippen molar-refractivity contribution >= 4 is 5.91 Å². The minimum Gasteiger partial charge on any atom is -0.388 e. The molecule has 2 aliphatic carbocycles. The summed E-state index contributed by atoms with van der Waals surface area (Å²) in [6.45, 7) is 0.315. The number of carbonyl (C=O) groups excluding carboxylic acids is 1. The van der Waals surface area contributed by atoms with Gasteiger partial charge in [-0.3, -0.25) is 4.79 Å². The molecule has 0 aromatic heterocycles. The van der Waals surface area contributed by atoms with Crippen LogP contribution >= 0.6 is 0 Å². The number of nitrogens with zero attached hydrogens (tertiary/aromatic N) is 1. The number of nitriles is 1. The van der Waals surface area contributed by atoms with Gasteiger partial charge in [-0.25, -0.2) is 0 Å². The van der Waals surface area contributed by atoms with Crippen LogP contribution < -0.4 is 5.32 Å².